The second kappa shape index (κ2) is 11.8. The molecule has 0 radical (unpaired) electrons. The first-order chi connectivity index (χ1) is 17.8. The van der Waals surface area contributed by atoms with Gasteiger partial charge in [-0.15, -0.1) is 0 Å². The van der Waals surface area contributed by atoms with Gasteiger partial charge in [-0.05, 0) is 64.5 Å². The van der Waals surface area contributed by atoms with Crippen LogP contribution in [0.4, 0.5) is 10.5 Å². The Bertz CT molecular complexity index is 1410. The van der Waals surface area contributed by atoms with Crippen LogP contribution in [-0.2, 0) is 17.9 Å². The van der Waals surface area contributed by atoms with Crippen molar-refractivity contribution in [3.63, 3.8) is 0 Å². The highest BCUT2D eigenvalue weighted by Crippen LogP contribution is 2.40. The van der Waals surface area contributed by atoms with Crippen molar-refractivity contribution in [2.24, 2.45) is 0 Å². The number of halogens is 2. The first kappa shape index (κ1) is 26.7. The number of nitro benzene ring substituents is 1. The summed E-state index contributed by atoms with van der Waals surface area (Å²) in [5.41, 5.74) is 1.55. The van der Waals surface area contributed by atoms with Gasteiger partial charge < -0.3 is 9.47 Å². The molecule has 0 saturated carbocycles. The third-order valence-corrected chi connectivity index (χ3v) is 7.21. The van der Waals surface area contributed by atoms with Gasteiger partial charge in [-0.25, -0.2) is 0 Å². The van der Waals surface area contributed by atoms with E-state index in [-0.39, 0.29) is 29.3 Å². The summed E-state index contributed by atoms with van der Waals surface area (Å²) in [6.07, 6.45) is 1.58. The van der Waals surface area contributed by atoms with Crippen LogP contribution in [0.3, 0.4) is 0 Å². The van der Waals surface area contributed by atoms with Crippen molar-refractivity contribution in [3.8, 4) is 11.5 Å². The quantitative estimate of drug-likeness (QED) is 0.145. The minimum atomic E-state index is -0.535. The maximum Gasteiger partial charge on any atom is 0.293 e. The minimum Gasteiger partial charge on any atom is -0.490 e. The number of imide groups is 1. The van der Waals surface area contributed by atoms with Crippen molar-refractivity contribution < 1.29 is 24.0 Å². The Morgan fingerprint density at radius 2 is 1.78 bits per heavy atom. The number of amides is 2. The molecule has 8 nitrogen and oxygen atoms in total. The van der Waals surface area contributed by atoms with Crippen LogP contribution in [0.15, 0.2) is 70.0 Å². The van der Waals surface area contributed by atoms with E-state index in [1.54, 1.807) is 30.3 Å². The molecule has 0 N–H and O–H groups in total. The van der Waals surface area contributed by atoms with Gasteiger partial charge in [-0.3, -0.25) is 24.6 Å². The van der Waals surface area contributed by atoms with Gasteiger partial charge in [0.25, 0.3) is 16.8 Å². The average Bonchev–Trinajstić information content (AvgIpc) is 3.12. The summed E-state index contributed by atoms with van der Waals surface area (Å²) >= 11 is 10.5. The summed E-state index contributed by atoms with van der Waals surface area (Å²) in [6, 6.07) is 16.8. The molecule has 0 aromatic heterocycles. The molecule has 0 atom stereocenters. The Balaban J connectivity index is 1.58. The summed E-state index contributed by atoms with van der Waals surface area (Å²) in [5, 5.41) is 11.4. The highest BCUT2D eigenvalue weighted by Gasteiger charge is 2.36. The molecule has 1 fully saturated rings. The molecule has 37 heavy (non-hydrogen) atoms. The predicted octanol–water partition coefficient (Wildman–Crippen LogP) is 7.22. The van der Waals surface area contributed by atoms with E-state index < -0.39 is 16.1 Å². The molecule has 0 bridgehead atoms. The third-order valence-electron chi connectivity index (χ3n) is 5.35. The topological polar surface area (TPSA) is 99.0 Å². The molecule has 0 spiro atoms. The molecular weight excluding hydrogens is 584 g/mol. The normalized spacial score (nSPS) is 14.4. The second-order valence-electron chi connectivity index (χ2n) is 7.80. The number of hydrogen-bond donors (Lipinski definition) is 0. The molecule has 11 heteroatoms. The molecule has 3 aromatic carbocycles. The first-order valence-corrected chi connectivity index (χ1v) is 13.1. The first-order valence-electron chi connectivity index (χ1n) is 11.1. The number of rotatable bonds is 9. The Labute approximate surface area is 230 Å². The standard InChI is InChI=1S/C26H20BrClN2O6S/c1-2-35-22-12-16(11-19(27)24(22)36-15-18-8-3-5-9-20(18)28)13-23-25(31)29(26(32)37-23)14-17-7-4-6-10-21(17)30(33)34/h3-13H,2,14-15H2,1H3/b23-13+. The van der Waals surface area contributed by atoms with E-state index in [0.717, 1.165) is 22.2 Å². The maximum absolute atomic E-state index is 13.0. The summed E-state index contributed by atoms with van der Waals surface area (Å²) < 4.78 is 12.4. The summed E-state index contributed by atoms with van der Waals surface area (Å²) in [5.74, 6) is 0.402. The lowest BCUT2D eigenvalue weighted by atomic mass is 10.1. The van der Waals surface area contributed by atoms with Crippen LogP contribution >= 0.6 is 39.3 Å². The van der Waals surface area contributed by atoms with Gasteiger partial charge in [0.05, 0.1) is 27.5 Å². The highest BCUT2D eigenvalue weighted by molar-refractivity contribution is 9.10. The number of carbonyl (C=O) groups excluding carboxylic acids is 2. The van der Waals surface area contributed by atoms with E-state index in [2.05, 4.69) is 15.9 Å². The molecule has 1 saturated heterocycles. The number of benzene rings is 3. The lowest BCUT2D eigenvalue weighted by Gasteiger charge is -2.15. The van der Waals surface area contributed by atoms with Crippen LogP contribution in [0.2, 0.25) is 5.02 Å². The van der Waals surface area contributed by atoms with Crippen LogP contribution < -0.4 is 9.47 Å². The fourth-order valence-electron chi connectivity index (χ4n) is 3.62. The summed E-state index contributed by atoms with van der Waals surface area (Å²) in [6.45, 7) is 2.25. The van der Waals surface area contributed by atoms with Crippen molar-refractivity contribution in [2.75, 3.05) is 6.61 Å². The van der Waals surface area contributed by atoms with Crippen molar-refractivity contribution in [1.29, 1.82) is 0 Å². The smallest absolute Gasteiger partial charge is 0.293 e. The van der Waals surface area contributed by atoms with Gasteiger partial charge in [-0.2, -0.15) is 0 Å². The van der Waals surface area contributed by atoms with Crippen LogP contribution in [-0.4, -0.2) is 27.6 Å². The van der Waals surface area contributed by atoms with Gasteiger partial charge >= 0.3 is 0 Å². The molecule has 2 amide bonds. The average molecular weight is 604 g/mol. The number of nitrogens with zero attached hydrogens (tertiary/aromatic N) is 2. The minimum absolute atomic E-state index is 0.150. The largest absolute Gasteiger partial charge is 0.490 e. The van der Waals surface area contributed by atoms with Crippen molar-refractivity contribution in [3.05, 3.63) is 102 Å². The number of thioether (sulfide) groups is 1. The Morgan fingerprint density at radius 1 is 1.08 bits per heavy atom. The van der Waals surface area contributed by atoms with E-state index in [1.165, 1.54) is 18.2 Å². The van der Waals surface area contributed by atoms with E-state index in [4.69, 9.17) is 21.1 Å². The van der Waals surface area contributed by atoms with Crippen molar-refractivity contribution in [2.45, 2.75) is 20.1 Å². The summed E-state index contributed by atoms with van der Waals surface area (Å²) in [7, 11) is 0. The number of carbonyl (C=O) groups is 2. The molecule has 4 rings (SSSR count). The van der Waals surface area contributed by atoms with Crippen LogP contribution in [0.1, 0.15) is 23.6 Å². The molecular formula is C26H20BrClN2O6S. The lowest BCUT2D eigenvalue weighted by Crippen LogP contribution is -2.27. The van der Waals surface area contributed by atoms with Crippen LogP contribution in [0.25, 0.3) is 6.08 Å². The predicted molar refractivity (Wildman–Crippen MR) is 146 cm³/mol. The number of nitro groups is 1. The third kappa shape index (κ3) is 6.15. The highest BCUT2D eigenvalue weighted by atomic mass is 79.9. The van der Waals surface area contributed by atoms with E-state index >= 15 is 0 Å². The molecule has 0 unspecified atom stereocenters. The Kier molecular flexibility index (Phi) is 8.52. The van der Waals surface area contributed by atoms with E-state index in [0.29, 0.717) is 33.2 Å². The fraction of sp³-hybridized carbons (Fsp3) is 0.154. The molecule has 1 aliphatic heterocycles. The van der Waals surface area contributed by atoms with E-state index in [9.17, 15) is 19.7 Å². The van der Waals surface area contributed by atoms with Crippen LogP contribution in [0.5, 0.6) is 11.5 Å². The zero-order valence-electron chi connectivity index (χ0n) is 19.5. The number of ether oxygens (including phenoxy) is 2. The van der Waals surface area contributed by atoms with Gasteiger partial charge in [0.1, 0.15) is 6.61 Å². The van der Waals surface area contributed by atoms with Gasteiger partial charge in [0.15, 0.2) is 11.5 Å². The molecule has 1 heterocycles. The SMILES string of the molecule is CCOc1cc(/C=C2/SC(=O)N(Cc3ccccc3[N+](=O)[O-])C2=O)cc(Br)c1OCc1ccccc1Cl. The number of para-hydroxylation sites is 1. The van der Waals surface area contributed by atoms with Crippen molar-refractivity contribution >= 4 is 62.2 Å². The van der Waals surface area contributed by atoms with Crippen LogP contribution in [0, 0.1) is 10.1 Å². The summed E-state index contributed by atoms with van der Waals surface area (Å²) in [4.78, 5) is 37.6. The fourth-order valence-corrected chi connectivity index (χ4v) is 5.22. The van der Waals surface area contributed by atoms with Gasteiger partial charge in [0, 0.05) is 22.2 Å². The Hall–Kier alpha value is -3.34. The Morgan fingerprint density at radius 3 is 2.49 bits per heavy atom. The zero-order valence-corrected chi connectivity index (χ0v) is 22.6. The van der Waals surface area contributed by atoms with E-state index in [1.807, 2.05) is 25.1 Å². The molecule has 1 aliphatic rings. The molecule has 190 valence electrons. The number of hydrogen-bond acceptors (Lipinski definition) is 7. The molecule has 0 aliphatic carbocycles. The van der Waals surface area contributed by atoms with Gasteiger partial charge in [0.2, 0.25) is 0 Å². The second-order valence-corrected chi connectivity index (χ2v) is 10.1. The lowest BCUT2D eigenvalue weighted by molar-refractivity contribution is -0.385. The van der Waals surface area contributed by atoms with Gasteiger partial charge in [-0.1, -0.05) is 48.0 Å². The maximum atomic E-state index is 13.0. The monoisotopic (exact) mass is 602 g/mol. The zero-order chi connectivity index (χ0) is 26.5. The molecule has 3 aromatic rings. The van der Waals surface area contributed by atoms with Crippen molar-refractivity contribution in [1.82, 2.24) is 4.90 Å².